The number of rotatable bonds is 6. The number of carbonyl (C=O) groups is 2. The summed E-state index contributed by atoms with van der Waals surface area (Å²) in [6, 6.07) is 9.76. The Labute approximate surface area is 178 Å². The summed E-state index contributed by atoms with van der Waals surface area (Å²) in [4.78, 5) is 36.7. The topological polar surface area (TPSA) is 110 Å². The van der Waals surface area contributed by atoms with Crippen molar-refractivity contribution in [2.45, 2.75) is 13.5 Å². The lowest BCUT2D eigenvalue weighted by atomic mass is 10.1. The summed E-state index contributed by atoms with van der Waals surface area (Å²) in [5.41, 5.74) is 0.503. The first-order valence-corrected chi connectivity index (χ1v) is 10.0. The standard InChI is InChI=1S/C19H15BrN2O6S/c1-2-28-15-8-12(7-14(17(15)23)22(26)27)9-16-18(24)21(19(25)29-16)10-11-4-3-5-13(20)6-11/h3-9,23H,2,10H2,1H3/b16-9-. The van der Waals surface area contributed by atoms with Gasteiger partial charge in [-0.1, -0.05) is 28.1 Å². The monoisotopic (exact) mass is 478 g/mol. The zero-order chi connectivity index (χ0) is 21.1. The van der Waals surface area contributed by atoms with E-state index in [2.05, 4.69) is 15.9 Å². The molecule has 8 nitrogen and oxygen atoms in total. The first-order valence-electron chi connectivity index (χ1n) is 8.44. The van der Waals surface area contributed by atoms with Crippen molar-refractivity contribution in [3.05, 3.63) is 67.0 Å². The van der Waals surface area contributed by atoms with E-state index >= 15 is 0 Å². The molecule has 0 spiro atoms. The first kappa shape index (κ1) is 20.9. The predicted molar refractivity (Wildman–Crippen MR) is 112 cm³/mol. The molecule has 1 N–H and O–H groups in total. The third-order valence-electron chi connectivity index (χ3n) is 3.97. The number of hydrogen-bond acceptors (Lipinski definition) is 7. The molecule has 29 heavy (non-hydrogen) atoms. The number of hydrogen-bond donors (Lipinski definition) is 1. The summed E-state index contributed by atoms with van der Waals surface area (Å²) in [6.45, 7) is 1.98. The fourth-order valence-corrected chi connectivity index (χ4v) is 3.99. The molecule has 3 rings (SSSR count). The molecule has 1 fully saturated rings. The van der Waals surface area contributed by atoms with Crippen LogP contribution in [-0.2, 0) is 11.3 Å². The number of thioether (sulfide) groups is 1. The Balaban J connectivity index is 1.92. The minimum Gasteiger partial charge on any atom is -0.500 e. The maximum absolute atomic E-state index is 12.7. The first-order chi connectivity index (χ1) is 13.8. The quantitative estimate of drug-likeness (QED) is 0.363. The number of nitrogens with zero attached hydrogens (tertiary/aromatic N) is 2. The van der Waals surface area contributed by atoms with Crippen LogP contribution < -0.4 is 4.74 Å². The molecule has 0 saturated carbocycles. The predicted octanol–water partition coefficient (Wildman–Crippen LogP) is 4.70. The van der Waals surface area contributed by atoms with Crippen molar-refractivity contribution in [3.8, 4) is 11.5 Å². The number of nitro benzene ring substituents is 1. The molecule has 1 saturated heterocycles. The lowest BCUT2D eigenvalue weighted by molar-refractivity contribution is -0.386. The van der Waals surface area contributed by atoms with Gasteiger partial charge < -0.3 is 9.84 Å². The van der Waals surface area contributed by atoms with Crippen molar-refractivity contribution < 1.29 is 24.4 Å². The Morgan fingerprint density at radius 3 is 2.72 bits per heavy atom. The Morgan fingerprint density at radius 2 is 2.07 bits per heavy atom. The van der Waals surface area contributed by atoms with E-state index < -0.39 is 27.5 Å². The third kappa shape index (κ3) is 4.60. The maximum atomic E-state index is 12.7. The van der Waals surface area contributed by atoms with Crippen molar-refractivity contribution in [2.75, 3.05) is 6.61 Å². The lowest BCUT2D eigenvalue weighted by Gasteiger charge is -2.12. The molecule has 0 aromatic heterocycles. The van der Waals surface area contributed by atoms with E-state index in [1.54, 1.807) is 19.1 Å². The van der Waals surface area contributed by atoms with Gasteiger partial charge in [-0.25, -0.2) is 0 Å². The molecular weight excluding hydrogens is 464 g/mol. The third-order valence-corrected chi connectivity index (χ3v) is 5.38. The lowest BCUT2D eigenvalue weighted by Crippen LogP contribution is -2.27. The molecule has 1 heterocycles. The van der Waals surface area contributed by atoms with Gasteiger partial charge in [0.25, 0.3) is 11.1 Å². The normalized spacial score (nSPS) is 15.2. The molecule has 10 heteroatoms. The van der Waals surface area contributed by atoms with E-state index in [9.17, 15) is 24.8 Å². The van der Waals surface area contributed by atoms with Crippen molar-refractivity contribution in [1.82, 2.24) is 4.90 Å². The SMILES string of the molecule is CCOc1cc(/C=C2\SC(=O)N(Cc3cccc(Br)c3)C2=O)cc([N+](=O)[O-])c1O. The summed E-state index contributed by atoms with van der Waals surface area (Å²) in [7, 11) is 0. The van der Waals surface area contributed by atoms with Crippen LogP contribution in [0.2, 0.25) is 0 Å². The largest absolute Gasteiger partial charge is 0.500 e. The van der Waals surface area contributed by atoms with Crippen LogP contribution in [0, 0.1) is 10.1 Å². The van der Waals surface area contributed by atoms with Gasteiger partial charge in [-0.15, -0.1) is 0 Å². The van der Waals surface area contributed by atoms with Crippen LogP contribution in [-0.4, -0.2) is 32.7 Å². The second-order valence-corrected chi connectivity index (χ2v) is 7.88. The van der Waals surface area contributed by atoms with E-state index in [-0.39, 0.29) is 29.4 Å². The molecule has 150 valence electrons. The number of ether oxygens (including phenoxy) is 1. The van der Waals surface area contributed by atoms with Crippen LogP contribution in [0.1, 0.15) is 18.1 Å². The highest BCUT2D eigenvalue weighted by molar-refractivity contribution is 9.10. The number of halogens is 1. The maximum Gasteiger partial charge on any atom is 0.315 e. The molecule has 2 aromatic rings. The highest BCUT2D eigenvalue weighted by Crippen LogP contribution is 2.39. The van der Waals surface area contributed by atoms with Crippen LogP contribution in [0.25, 0.3) is 6.08 Å². The second-order valence-electron chi connectivity index (χ2n) is 5.97. The summed E-state index contributed by atoms with van der Waals surface area (Å²) in [5.74, 6) is -1.15. The summed E-state index contributed by atoms with van der Waals surface area (Å²) < 4.78 is 6.07. The van der Waals surface area contributed by atoms with Crippen molar-refractivity contribution in [2.24, 2.45) is 0 Å². The number of imide groups is 1. The van der Waals surface area contributed by atoms with Crippen LogP contribution in [0.5, 0.6) is 11.5 Å². The number of phenols is 1. The number of amides is 2. The van der Waals surface area contributed by atoms with E-state index in [1.807, 2.05) is 12.1 Å². The van der Waals surface area contributed by atoms with Crippen molar-refractivity contribution >= 4 is 50.6 Å². The molecule has 0 bridgehead atoms. The van der Waals surface area contributed by atoms with Gasteiger partial charge in [-0.3, -0.25) is 24.6 Å². The van der Waals surface area contributed by atoms with Gasteiger partial charge in [-0.05, 0) is 54.1 Å². The molecular formula is C19H15BrN2O6S. The Morgan fingerprint density at radius 1 is 1.31 bits per heavy atom. The van der Waals surface area contributed by atoms with Gasteiger partial charge in [0.15, 0.2) is 5.75 Å². The van der Waals surface area contributed by atoms with Gasteiger partial charge in [0.2, 0.25) is 5.75 Å². The van der Waals surface area contributed by atoms with Gasteiger partial charge in [0, 0.05) is 10.5 Å². The smallest absolute Gasteiger partial charge is 0.315 e. The van der Waals surface area contributed by atoms with E-state index in [0.29, 0.717) is 0 Å². The number of phenolic OH excluding ortho intramolecular Hbond substituents is 1. The van der Waals surface area contributed by atoms with Crippen LogP contribution >= 0.6 is 27.7 Å². The van der Waals surface area contributed by atoms with Crippen LogP contribution in [0.4, 0.5) is 10.5 Å². The van der Waals surface area contributed by atoms with Gasteiger partial charge in [0.05, 0.1) is 23.0 Å². The van der Waals surface area contributed by atoms with Gasteiger partial charge in [-0.2, -0.15) is 0 Å². The number of aromatic hydroxyl groups is 1. The van der Waals surface area contributed by atoms with Crippen LogP contribution in [0.3, 0.4) is 0 Å². The second kappa shape index (κ2) is 8.66. The van der Waals surface area contributed by atoms with Crippen molar-refractivity contribution in [3.63, 3.8) is 0 Å². The number of nitro groups is 1. The van der Waals surface area contributed by atoms with E-state index in [1.165, 1.54) is 12.1 Å². The number of carbonyl (C=O) groups excluding carboxylic acids is 2. The van der Waals surface area contributed by atoms with E-state index in [0.717, 1.165) is 32.8 Å². The molecule has 0 radical (unpaired) electrons. The molecule has 1 aliphatic heterocycles. The molecule has 2 amide bonds. The molecule has 1 aliphatic rings. The highest BCUT2D eigenvalue weighted by atomic mass is 79.9. The molecule has 0 atom stereocenters. The average Bonchev–Trinajstić information content (AvgIpc) is 2.91. The summed E-state index contributed by atoms with van der Waals surface area (Å²) >= 11 is 4.10. The van der Waals surface area contributed by atoms with Crippen LogP contribution in [0.15, 0.2) is 45.8 Å². The fourth-order valence-electron chi connectivity index (χ4n) is 2.71. The molecule has 2 aromatic carbocycles. The minimum absolute atomic E-state index is 0.0682. The molecule has 0 aliphatic carbocycles. The van der Waals surface area contributed by atoms with Gasteiger partial charge in [0.1, 0.15) is 0 Å². The minimum atomic E-state index is -0.742. The zero-order valence-electron chi connectivity index (χ0n) is 15.1. The fraction of sp³-hybridized carbons (Fsp3) is 0.158. The zero-order valence-corrected chi connectivity index (χ0v) is 17.5. The summed E-state index contributed by atoms with van der Waals surface area (Å²) in [5, 5.41) is 20.7. The van der Waals surface area contributed by atoms with Gasteiger partial charge >= 0.3 is 5.69 Å². The summed E-state index contributed by atoms with van der Waals surface area (Å²) in [6.07, 6.45) is 1.38. The van der Waals surface area contributed by atoms with E-state index in [4.69, 9.17) is 4.74 Å². The molecule has 0 unspecified atom stereocenters. The number of benzene rings is 2. The Kier molecular flexibility index (Phi) is 6.23. The van der Waals surface area contributed by atoms with Crippen molar-refractivity contribution in [1.29, 1.82) is 0 Å². The average molecular weight is 479 g/mol. The Hall–Kier alpha value is -2.85. The Bertz CT molecular complexity index is 1040. The highest BCUT2D eigenvalue weighted by Gasteiger charge is 2.35.